The first-order valence-corrected chi connectivity index (χ1v) is 8.15. The number of carbonyl (C=O) groups is 2. The summed E-state index contributed by atoms with van der Waals surface area (Å²) in [5.74, 6) is -0.195. The van der Waals surface area contributed by atoms with Gasteiger partial charge in [-0.05, 0) is 23.3 Å². The van der Waals surface area contributed by atoms with Crippen molar-refractivity contribution in [2.24, 2.45) is 0 Å². The van der Waals surface area contributed by atoms with Crippen molar-refractivity contribution in [1.29, 1.82) is 0 Å². The summed E-state index contributed by atoms with van der Waals surface area (Å²) >= 11 is 0. The fourth-order valence-corrected chi connectivity index (χ4v) is 3.27. The Morgan fingerprint density at radius 3 is 2.84 bits per heavy atom. The average Bonchev–Trinajstić information content (AvgIpc) is 2.90. The minimum Gasteiger partial charge on any atom is -0.380 e. The molecule has 1 aliphatic rings. The second kappa shape index (κ2) is 7.44. The third-order valence-electron chi connectivity index (χ3n) is 4.49. The fourth-order valence-electron chi connectivity index (χ4n) is 3.27. The van der Waals surface area contributed by atoms with Crippen LogP contribution in [0.1, 0.15) is 33.9 Å². The first kappa shape index (κ1) is 17.1. The van der Waals surface area contributed by atoms with Crippen molar-refractivity contribution in [3.63, 3.8) is 0 Å². The second-order valence-corrected chi connectivity index (χ2v) is 6.11. The third-order valence-corrected chi connectivity index (χ3v) is 4.49. The predicted octanol–water partition coefficient (Wildman–Crippen LogP) is 1.93. The number of carbonyl (C=O) groups excluding carboxylic acids is 2. The van der Waals surface area contributed by atoms with Crippen LogP contribution in [0.3, 0.4) is 0 Å². The van der Waals surface area contributed by atoms with Gasteiger partial charge >= 0.3 is 0 Å². The number of rotatable bonds is 5. The minimum absolute atomic E-state index is 0.00401. The van der Waals surface area contributed by atoms with E-state index < -0.39 is 0 Å². The maximum atomic E-state index is 12.8. The molecule has 1 fully saturated rings. The molecule has 6 heteroatoms. The lowest BCUT2D eigenvalue weighted by Crippen LogP contribution is -2.39. The van der Waals surface area contributed by atoms with Crippen LogP contribution in [0, 0.1) is 0 Å². The number of pyridine rings is 1. The van der Waals surface area contributed by atoms with Crippen LogP contribution < -0.4 is 5.32 Å². The Balaban J connectivity index is 1.84. The summed E-state index contributed by atoms with van der Waals surface area (Å²) in [4.78, 5) is 30.8. The smallest absolute Gasteiger partial charge is 0.251 e. The number of nitrogens with one attached hydrogen (secondary N) is 1. The van der Waals surface area contributed by atoms with E-state index in [2.05, 4.69) is 10.3 Å². The molecule has 0 radical (unpaired) electrons. The van der Waals surface area contributed by atoms with Crippen LogP contribution in [-0.4, -0.2) is 41.9 Å². The van der Waals surface area contributed by atoms with Crippen LogP contribution in [0.15, 0.2) is 48.8 Å². The number of methoxy groups -OCH3 is 1. The molecule has 6 nitrogen and oxygen atoms in total. The Labute approximate surface area is 146 Å². The molecule has 2 amide bonds. The topological polar surface area (TPSA) is 71.5 Å². The van der Waals surface area contributed by atoms with Gasteiger partial charge in [0, 0.05) is 38.5 Å². The zero-order valence-electron chi connectivity index (χ0n) is 14.3. The van der Waals surface area contributed by atoms with Crippen LogP contribution in [0.2, 0.25) is 0 Å². The Kier molecular flexibility index (Phi) is 5.09. The summed E-state index contributed by atoms with van der Waals surface area (Å²) in [6.07, 6.45) is 3.70. The van der Waals surface area contributed by atoms with Crippen LogP contribution in [0.4, 0.5) is 0 Å². The lowest BCUT2D eigenvalue weighted by Gasteiger charge is -2.26. The SMILES string of the molecule is COCc1ccccc1C(=O)N[C@@H]1CC(=O)N(C)[C@H]1c1cccnc1. The van der Waals surface area contributed by atoms with E-state index in [0.29, 0.717) is 12.2 Å². The summed E-state index contributed by atoms with van der Waals surface area (Å²) in [5.41, 5.74) is 2.29. The molecule has 1 N–H and O–H groups in total. The van der Waals surface area contributed by atoms with Gasteiger partial charge in [0.2, 0.25) is 5.91 Å². The summed E-state index contributed by atoms with van der Waals surface area (Å²) in [5, 5.41) is 3.02. The van der Waals surface area contributed by atoms with Crippen molar-refractivity contribution in [2.45, 2.75) is 25.1 Å². The largest absolute Gasteiger partial charge is 0.380 e. The van der Waals surface area contributed by atoms with Gasteiger partial charge in [0.1, 0.15) is 0 Å². The Morgan fingerprint density at radius 1 is 1.32 bits per heavy atom. The van der Waals surface area contributed by atoms with E-state index >= 15 is 0 Å². The lowest BCUT2D eigenvalue weighted by molar-refractivity contribution is -0.127. The van der Waals surface area contributed by atoms with Gasteiger partial charge < -0.3 is 15.0 Å². The van der Waals surface area contributed by atoms with Crippen molar-refractivity contribution in [2.75, 3.05) is 14.2 Å². The van der Waals surface area contributed by atoms with Gasteiger partial charge in [-0.15, -0.1) is 0 Å². The van der Waals surface area contributed by atoms with Crippen molar-refractivity contribution >= 4 is 11.8 Å². The van der Waals surface area contributed by atoms with Gasteiger partial charge in [-0.25, -0.2) is 0 Å². The van der Waals surface area contributed by atoms with E-state index in [-0.39, 0.29) is 30.3 Å². The molecule has 0 saturated carbocycles. The quantitative estimate of drug-likeness (QED) is 0.903. The Bertz CT molecular complexity index is 764. The van der Waals surface area contributed by atoms with Gasteiger partial charge in [0.25, 0.3) is 5.91 Å². The number of benzene rings is 1. The molecule has 2 heterocycles. The lowest BCUT2D eigenvalue weighted by atomic mass is 10.0. The first-order valence-electron chi connectivity index (χ1n) is 8.15. The van der Waals surface area contributed by atoms with E-state index in [1.165, 1.54) is 0 Å². The van der Waals surface area contributed by atoms with E-state index in [0.717, 1.165) is 11.1 Å². The molecule has 0 unspecified atom stereocenters. The number of hydrogen-bond acceptors (Lipinski definition) is 4. The number of amides is 2. The van der Waals surface area contributed by atoms with Gasteiger partial charge in [-0.3, -0.25) is 14.6 Å². The molecule has 130 valence electrons. The molecule has 3 rings (SSSR count). The van der Waals surface area contributed by atoms with Crippen molar-refractivity contribution < 1.29 is 14.3 Å². The molecule has 2 aromatic rings. The number of likely N-dealkylation sites (tertiary alicyclic amines) is 1. The van der Waals surface area contributed by atoms with Gasteiger partial charge in [0.15, 0.2) is 0 Å². The summed E-state index contributed by atoms with van der Waals surface area (Å²) in [7, 11) is 3.35. The van der Waals surface area contributed by atoms with E-state index in [9.17, 15) is 9.59 Å². The maximum absolute atomic E-state index is 12.8. The molecule has 1 aromatic heterocycles. The number of hydrogen-bond donors (Lipinski definition) is 1. The zero-order valence-corrected chi connectivity index (χ0v) is 14.3. The second-order valence-electron chi connectivity index (χ2n) is 6.11. The summed E-state index contributed by atoms with van der Waals surface area (Å²) in [6, 6.07) is 10.6. The Morgan fingerprint density at radius 2 is 2.12 bits per heavy atom. The van der Waals surface area contributed by atoms with Crippen LogP contribution >= 0.6 is 0 Å². The van der Waals surface area contributed by atoms with E-state index in [1.807, 2.05) is 30.3 Å². The number of aromatic nitrogens is 1. The molecular weight excluding hydrogens is 318 g/mol. The minimum atomic E-state index is -0.301. The Hall–Kier alpha value is -2.73. The van der Waals surface area contributed by atoms with Crippen molar-refractivity contribution in [3.05, 3.63) is 65.5 Å². The molecular formula is C19H21N3O3. The van der Waals surface area contributed by atoms with Crippen molar-refractivity contribution in [1.82, 2.24) is 15.2 Å². The third kappa shape index (κ3) is 3.53. The van der Waals surface area contributed by atoms with Crippen LogP contribution in [-0.2, 0) is 16.1 Å². The molecule has 0 aliphatic carbocycles. The molecule has 25 heavy (non-hydrogen) atoms. The normalized spacial score (nSPS) is 19.9. The highest BCUT2D eigenvalue weighted by Crippen LogP contribution is 2.31. The molecule has 1 aliphatic heterocycles. The monoisotopic (exact) mass is 339 g/mol. The summed E-state index contributed by atoms with van der Waals surface area (Å²) < 4.78 is 5.16. The first-order chi connectivity index (χ1) is 12.1. The van der Waals surface area contributed by atoms with Gasteiger partial charge in [-0.1, -0.05) is 24.3 Å². The number of ether oxygens (including phenoxy) is 1. The van der Waals surface area contributed by atoms with Gasteiger partial charge in [0.05, 0.1) is 18.7 Å². The maximum Gasteiger partial charge on any atom is 0.251 e. The van der Waals surface area contributed by atoms with E-state index in [1.54, 1.807) is 37.5 Å². The average molecular weight is 339 g/mol. The fraction of sp³-hybridized carbons (Fsp3) is 0.316. The number of nitrogens with zero attached hydrogens (tertiary/aromatic N) is 2. The van der Waals surface area contributed by atoms with Crippen LogP contribution in [0.5, 0.6) is 0 Å². The predicted molar refractivity (Wildman–Crippen MR) is 92.8 cm³/mol. The summed E-state index contributed by atoms with van der Waals surface area (Å²) in [6.45, 7) is 0.360. The van der Waals surface area contributed by atoms with Crippen LogP contribution in [0.25, 0.3) is 0 Å². The zero-order chi connectivity index (χ0) is 17.8. The highest BCUT2D eigenvalue weighted by molar-refractivity contribution is 5.96. The molecule has 2 atom stereocenters. The van der Waals surface area contributed by atoms with Gasteiger partial charge in [-0.2, -0.15) is 0 Å². The van der Waals surface area contributed by atoms with E-state index in [4.69, 9.17) is 4.74 Å². The molecule has 0 bridgehead atoms. The standard InChI is InChI=1S/C19H21N3O3/c1-22-17(23)10-16(18(22)13-7-5-9-20-11-13)21-19(24)15-8-4-3-6-14(15)12-25-2/h3-9,11,16,18H,10,12H2,1-2H3,(H,21,24)/t16-,18+/m1/s1. The number of likely N-dealkylation sites (N-methyl/N-ethyl adjacent to an activating group) is 1. The molecule has 0 spiro atoms. The highest BCUT2D eigenvalue weighted by atomic mass is 16.5. The molecule has 1 aromatic carbocycles. The highest BCUT2D eigenvalue weighted by Gasteiger charge is 2.39. The molecule has 1 saturated heterocycles. The van der Waals surface area contributed by atoms with Crippen molar-refractivity contribution in [3.8, 4) is 0 Å².